The van der Waals surface area contributed by atoms with Gasteiger partial charge < -0.3 is 4.74 Å². The van der Waals surface area contributed by atoms with Crippen LogP contribution < -0.4 is 4.74 Å². The first-order valence-corrected chi connectivity index (χ1v) is 5.95. The van der Waals surface area contributed by atoms with Crippen molar-refractivity contribution in [3.05, 3.63) is 52.5 Å². The minimum atomic E-state index is 0.574. The van der Waals surface area contributed by atoms with Crippen LogP contribution in [0.25, 0.3) is 0 Å². The van der Waals surface area contributed by atoms with Gasteiger partial charge in [-0.05, 0) is 36.4 Å². The Hall–Kier alpha value is -1.58. The van der Waals surface area contributed by atoms with Gasteiger partial charge in [-0.15, -0.1) is 5.11 Å². The summed E-state index contributed by atoms with van der Waals surface area (Å²) in [5.41, 5.74) is 1.24. The number of hydrogen-bond donors (Lipinski definition) is 0. The molecule has 0 amide bonds. The van der Waals surface area contributed by atoms with Crippen LogP contribution in [0.3, 0.4) is 0 Å². The molecule has 0 unspecified atom stereocenters. The van der Waals surface area contributed by atoms with E-state index < -0.39 is 0 Å². The summed E-state index contributed by atoms with van der Waals surface area (Å²) in [6.07, 6.45) is 0. The first-order chi connectivity index (χ1) is 8.69. The third-order valence-electron chi connectivity index (χ3n) is 2.22. The van der Waals surface area contributed by atoms with Crippen LogP contribution in [0.5, 0.6) is 5.75 Å². The van der Waals surface area contributed by atoms with Crippen molar-refractivity contribution in [2.75, 3.05) is 7.11 Å². The van der Waals surface area contributed by atoms with Crippen molar-refractivity contribution >= 4 is 34.6 Å². The zero-order chi connectivity index (χ0) is 13.0. The van der Waals surface area contributed by atoms with E-state index in [1.54, 1.807) is 37.4 Å². The molecular weight excluding hydrogens is 271 g/mol. The Labute approximate surface area is 115 Å². The van der Waals surface area contributed by atoms with E-state index in [4.69, 9.17) is 27.9 Å². The molecule has 18 heavy (non-hydrogen) atoms. The SMILES string of the molecule is COc1ccc(Cl)cc1N=Nc1cccc(Cl)c1. The molecule has 0 bridgehead atoms. The Morgan fingerprint density at radius 2 is 1.72 bits per heavy atom. The molecule has 0 spiro atoms. The van der Waals surface area contributed by atoms with Gasteiger partial charge in [0.1, 0.15) is 11.4 Å². The Morgan fingerprint density at radius 3 is 2.44 bits per heavy atom. The standard InChI is InChI=1S/C13H10Cl2N2O/c1-18-13-6-5-10(15)8-12(13)17-16-11-4-2-3-9(14)7-11/h2-8H,1H3. The molecule has 5 heteroatoms. The van der Waals surface area contributed by atoms with Crippen LogP contribution >= 0.6 is 23.2 Å². The lowest BCUT2D eigenvalue weighted by molar-refractivity contribution is 0.416. The molecule has 0 saturated carbocycles. The van der Waals surface area contributed by atoms with Gasteiger partial charge in [-0.3, -0.25) is 0 Å². The van der Waals surface area contributed by atoms with Gasteiger partial charge in [-0.1, -0.05) is 29.3 Å². The van der Waals surface area contributed by atoms with E-state index in [0.717, 1.165) is 0 Å². The number of ether oxygens (including phenoxy) is 1. The minimum Gasteiger partial charge on any atom is -0.494 e. The predicted octanol–water partition coefficient (Wildman–Crippen LogP) is 5.42. The van der Waals surface area contributed by atoms with E-state index in [0.29, 0.717) is 27.2 Å². The number of benzene rings is 2. The molecular formula is C13H10Cl2N2O. The number of halogens is 2. The summed E-state index contributed by atoms with van der Waals surface area (Å²) >= 11 is 11.8. The van der Waals surface area contributed by atoms with E-state index in [1.807, 2.05) is 12.1 Å². The quantitative estimate of drug-likeness (QED) is 0.692. The number of methoxy groups -OCH3 is 1. The Bertz CT molecular complexity index is 585. The highest BCUT2D eigenvalue weighted by atomic mass is 35.5. The van der Waals surface area contributed by atoms with E-state index in [9.17, 15) is 0 Å². The van der Waals surface area contributed by atoms with Crippen molar-refractivity contribution in [3.63, 3.8) is 0 Å². The maximum atomic E-state index is 5.90. The van der Waals surface area contributed by atoms with E-state index in [-0.39, 0.29) is 0 Å². The lowest BCUT2D eigenvalue weighted by atomic mass is 10.3. The molecule has 0 radical (unpaired) electrons. The number of nitrogens with zero attached hydrogens (tertiary/aromatic N) is 2. The molecule has 0 aliphatic rings. The van der Waals surface area contributed by atoms with Gasteiger partial charge in [-0.2, -0.15) is 5.11 Å². The van der Waals surface area contributed by atoms with Gasteiger partial charge in [-0.25, -0.2) is 0 Å². The highest BCUT2D eigenvalue weighted by Crippen LogP contribution is 2.31. The van der Waals surface area contributed by atoms with Crippen molar-refractivity contribution in [1.29, 1.82) is 0 Å². The third kappa shape index (κ3) is 3.22. The van der Waals surface area contributed by atoms with Gasteiger partial charge in [0.2, 0.25) is 0 Å². The average molecular weight is 281 g/mol. The molecule has 0 fully saturated rings. The van der Waals surface area contributed by atoms with E-state index in [1.165, 1.54) is 0 Å². The van der Waals surface area contributed by atoms with Crippen molar-refractivity contribution in [3.8, 4) is 5.75 Å². The third-order valence-corrected chi connectivity index (χ3v) is 2.69. The topological polar surface area (TPSA) is 34.0 Å². The molecule has 2 aromatic carbocycles. The highest BCUT2D eigenvalue weighted by Gasteiger charge is 2.02. The highest BCUT2D eigenvalue weighted by molar-refractivity contribution is 6.31. The van der Waals surface area contributed by atoms with Gasteiger partial charge in [0, 0.05) is 10.0 Å². The predicted molar refractivity (Wildman–Crippen MR) is 73.6 cm³/mol. The summed E-state index contributed by atoms with van der Waals surface area (Å²) in [5.74, 6) is 0.616. The second-order valence-corrected chi connectivity index (χ2v) is 4.37. The lowest BCUT2D eigenvalue weighted by Crippen LogP contribution is -1.82. The molecule has 0 aliphatic heterocycles. The van der Waals surface area contributed by atoms with E-state index in [2.05, 4.69) is 10.2 Å². The normalized spacial score (nSPS) is 10.8. The smallest absolute Gasteiger partial charge is 0.146 e. The minimum absolute atomic E-state index is 0.574. The van der Waals surface area contributed by atoms with Crippen LogP contribution in [0.2, 0.25) is 10.0 Å². The maximum Gasteiger partial charge on any atom is 0.146 e. The summed E-state index contributed by atoms with van der Waals surface area (Å²) in [6, 6.07) is 12.3. The molecule has 92 valence electrons. The van der Waals surface area contributed by atoms with Crippen LogP contribution in [0.1, 0.15) is 0 Å². The summed E-state index contributed by atoms with van der Waals surface area (Å²) in [4.78, 5) is 0. The lowest BCUT2D eigenvalue weighted by Gasteiger charge is -2.03. The fourth-order valence-electron chi connectivity index (χ4n) is 1.39. The van der Waals surface area contributed by atoms with Crippen LogP contribution in [0.4, 0.5) is 11.4 Å². The second-order valence-electron chi connectivity index (χ2n) is 3.50. The largest absolute Gasteiger partial charge is 0.494 e. The number of azo groups is 1. The first-order valence-electron chi connectivity index (χ1n) is 5.20. The van der Waals surface area contributed by atoms with Crippen molar-refractivity contribution in [2.45, 2.75) is 0 Å². The molecule has 2 aromatic rings. The molecule has 2 rings (SSSR count). The van der Waals surface area contributed by atoms with Gasteiger partial charge >= 0.3 is 0 Å². The average Bonchev–Trinajstić information content (AvgIpc) is 2.37. The number of rotatable bonds is 3. The Balaban J connectivity index is 2.31. The Kier molecular flexibility index (Phi) is 4.18. The van der Waals surface area contributed by atoms with Crippen LogP contribution in [-0.4, -0.2) is 7.11 Å². The molecule has 0 heterocycles. The van der Waals surface area contributed by atoms with Crippen LogP contribution in [0.15, 0.2) is 52.7 Å². The fourth-order valence-corrected chi connectivity index (χ4v) is 1.74. The summed E-state index contributed by atoms with van der Waals surface area (Å²) in [5, 5.41) is 9.39. The summed E-state index contributed by atoms with van der Waals surface area (Å²) in [6.45, 7) is 0. The van der Waals surface area contributed by atoms with Gasteiger partial charge in [0.05, 0.1) is 12.8 Å². The molecule has 0 N–H and O–H groups in total. The van der Waals surface area contributed by atoms with Crippen LogP contribution in [-0.2, 0) is 0 Å². The van der Waals surface area contributed by atoms with Crippen molar-refractivity contribution in [1.82, 2.24) is 0 Å². The molecule has 0 atom stereocenters. The molecule has 0 aliphatic carbocycles. The van der Waals surface area contributed by atoms with Gasteiger partial charge in [0.15, 0.2) is 0 Å². The maximum absolute atomic E-state index is 5.90. The van der Waals surface area contributed by atoms with Crippen molar-refractivity contribution < 1.29 is 4.74 Å². The van der Waals surface area contributed by atoms with Gasteiger partial charge in [0.25, 0.3) is 0 Å². The summed E-state index contributed by atoms with van der Waals surface area (Å²) < 4.78 is 5.17. The second kappa shape index (κ2) is 5.85. The molecule has 0 aromatic heterocycles. The monoisotopic (exact) mass is 280 g/mol. The Morgan fingerprint density at radius 1 is 0.944 bits per heavy atom. The van der Waals surface area contributed by atoms with E-state index >= 15 is 0 Å². The molecule has 0 saturated heterocycles. The first kappa shape index (κ1) is 12.9. The molecule has 3 nitrogen and oxygen atoms in total. The van der Waals surface area contributed by atoms with Crippen molar-refractivity contribution in [2.24, 2.45) is 10.2 Å². The number of hydrogen-bond acceptors (Lipinski definition) is 3. The zero-order valence-corrected chi connectivity index (χ0v) is 11.1. The zero-order valence-electron chi connectivity index (χ0n) is 9.60. The fraction of sp³-hybridized carbons (Fsp3) is 0.0769. The van der Waals surface area contributed by atoms with Crippen LogP contribution in [0, 0.1) is 0 Å². The summed E-state index contributed by atoms with van der Waals surface area (Å²) in [7, 11) is 1.57.